The Morgan fingerprint density at radius 1 is 1.31 bits per heavy atom. The summed E-state index contributed by atoms with van der Waals surface area (Å²) in [6, 6.07) is 9.15. The molecule has 1 aromatic carbocycles. The standard InChI is InChI=1S/C14H21NO/c1-11(15)14(8-9-14)13-5-3-12(4-6-13)7-10-16-2/h3-6,11H,7-10,15H2,1-2H3. The molecular formula is C14H21NO. The minimum atomic E-state index is 0.261. The molecule has 0 spiro atoms. The van der Waals surface area contributed by atoms with Crippen LogP contribution in [0.1, 0.15) is 30.9 Å². The molecule has 0 heterocycles. The van der Waals surface area contributed by atoms with Crippen LogP contribution in [0.25, 0.3) is 0 Å². The highest BCUT2D eigenvalue weighted by Crippen LogP contribution is 2.50. The Bertz CT molecular complexity index is 338. The van der Waals surface area contributed by atoms with Gasteiger partial charge in [-0.25, -0.2) is 0 Å². The summed E-state index contributed by atoms with van der Waals surface area (Å²) < 4.78 is 5.07. The van der Waals surface area contributed by atoms with Crippen LogP contribution in [-0.4, -0.2) is 19.8 Å². The number of rotatable bonds is 5. The third-order valence-corrected chi connectivity index (χ3v) is 3.78. The summed E-state index contributed by atoms with van der Waals surface area (Å²) in [7, 11) is 1.74. The Labute approximate surface area is 97.8 Å². The van der Waals surface area contributed by atoms with Gasteiger partial charge in [0.2, 0.25) is 0 Å². The van der Waals surface area contributed by atoms with E-state index in [4.69, 9.17) is 10.5 Å². The number of methoxy groups -OCH3 is 1. The molecule has 2 rings (SSSR count). The summed E-state index contributed by atoms with van der Waals surface area (Å²) in [5, 5.41) is 0. The first kappa shape index (κ1) is 11.6. The summed E-state index contributed by atoms with van der Waals surface area (Å²) in [6.07, 6.45) is 3.46. The molecule has 1 fully saturated rings. The summed E-state index contributed by atoms with van der Waals surface area (Å²) in [5.41, 5.74) is 9.09. The fourth-order valence-corrected chi connectivity index (χ4v) is 2.36. The first-order valence-corrected chi connectivity index (χ1v) is 6.03. The molecule has 1 atom stereocenters. The van der Waals surface area contributed by atoms with Crippen LogP contribution in [0.3, 0.4) is 0 Å². The smallest absolute Gasteiger partial charge is 0.0502 e. The topological polar surface area (TPSA) is 35.2 Å². The SMILES string of the molecule is COCCc1ccc(C2(C(C)N)CC2)cc1. The van der Waals surface area contributed by atoms with E-state index in [-0.39, 0.29) is 11.5 Å². The van der Waals surface area contributed by atoms with Gasteiger partial charge in [-0.05, 0) is 37.3 Å². The molecule has 1 aromatic rings. The molecule has 0 bridgehead atoms. The molecule has 1 aliphatic rings. The van der Waals surface area contributed by atoms with Crippen molar-refractivity contribution in [3.63, 3.8) is 0 Å². The van der Waals surface area contributed by atoms with Crippen LogP contribution in [-0.2, 0) is 16.6 Å². The van der Waals surface area contributed by atoms with Crippen LogP contribution < -0.4 is 5.73 Å². The predicted molar refractivity (Wildman–Crippen MR) is 66.6 cm³/mol. The molecular weight excluding hydrogens is 198 g/mol. The number of benzene rings is 1. The molecule has 0 amide bonds. The highest BCUT2D eigenvalue weighted by molar-refractivity contribution is 5.35. The van der Waals surface area contributed by atoms with Crippen molar-refractivity contribution in [2.45, 2.75) is 37.6 Å². The Kier molecular flexibility index (Phi) is 3.31. The van der Waals surface area contributed by atoms with E-state index in [2.05, 4.69) is 31.2 Å². The maximum absolute atomic E-state index is 6.06. The molecule has 16 heavy (non-hydrogen) atoms. The van der Waals surface area contributed by atoms with Gasteiger partial charge in [0, 0.05) is 18.6 Å². The van der Waals surface area contributed by atoms with Crippen molar-refractivity contribution in [2.75, 3.05) is 13.7 Å². The first-order chi connectivity index (χ1) is 7.69. The van der Waals surface area contributed by atoms with Crippen molar-refractivity contribution >= 4 is 0 Å². The van der Waals surface area contributed by atoms with Crippen LogP contribution in [0.5, 0.6) is 0 Å². The lowest BCUT2D eigenvalue weighted by atomic mass is 9.89. The van der Waals surface area contributed by atoms with Crippen LogP contribution in [0.2, 0.25) is 0 Å². The Morgan fingerprint density at radius 3 is 2.38 bits per heavy atom. The van der Waals surface area contributed by atoms with Crippen LogP contribution in [0.4, 0.5) is 0 Å². The Balaban J connectivity index is 2.08. The van der Waals surface area contributed by atoms with E-state index in [1.165, 1.54) is 24.0 Å². The molecule has 0 saturated heterocycles. The van der Waals surface area contributed by atoms with E-state index < -0.39 is 0 Å². The number of nitrogens with two attached hydrogens (primary N) is 1. The Morgan fingerprint density at radius 2 is 1.94 bits per heavy atom. The second kappa shape index (κ2) is 4.56. The predicted octanol–water partition coefficient (Wildman–Crippen LogP) is 2.25. The monoisotopic (exact) mass is 219 g/mol. The van der Waals surface area contributed by atoms with E-state index in [0.29, 0.717) is 0 Å². The summed E-state index contributed by atoms with van der Waals surface area (Å²) in [6.45, 7) is 2.91. The average Bonchev–Trinajstić information content (AvgIpc) is 3.08. The minimum absolute atomic E-state index is 0.261. The van der Waals surface area contributed by atoms with Gasteiger partial charge in [-0.1, -0.05) is 24.3 Å². The van der Waals surface area contributed by atoms with Gasteiger partial charge in [0.05, 0.1) is 6.61 Å². The zero-order chi connectivity index (χ0) is 11.6. The average molecular weight is 219 g/mol. The lowest BCUT2D eigenvalue weighted by Crippen LogP contribution is -2.31. The minimum Gasteiger partial charge on any atom is -0.384 e. The number of ether oxygens (including phenoxy) is 1. The molecule has 88 valence electrons. The van der Waals surface area contributed by atoms with Gasteiger partial charge < -0.3 is 10.5 Å². The highest BCUT2D eigenvalue weighted by atomic mass is 16.5. The summed E-state index contributed by atoms with van der Waals surface area (Å²) in [5.74, 6) is 0. The van der Waals surface area contributed by atoms with E-state index in [9.17, 15) is 0 Å². The normalized spacial score (nSPS) is 19.4. The van der Waals surface area contributed by atoms with E-state index in [0.717, 1.165) is 13.0 Å². The third kappa shape index (κ3) is 2.13. The van der Waals surface area contributed by atoms with E-state index in [1.807, 2.05) is 0 Å². The van der Waals surface area contributed by atoms with Crippen molar-refractivity contribution in [3.05, 3.63) is 35.4 Å². The lowest BCUT2D eigenvalue weighted by molar-refractivity contribution is 0.202. The van der Waals surface area contributed by atoms with Crippen LogP contribution >= 0.6 is 0 Å². The number of hydrogen-bond donors (Lipinski definition) is 1. The van der Waals surface area contributed by atoms with Gasteiger partial charge in [-0.3, -0.25) is 0 Å². The lowest BCUT2D eigenvalue weighted by Gasteiger charge is -2.20. The van der Waals surface area contributed by atoms with Crippen LogP contribution in [0.15, 0.2) is 24.3 Å². The first-order valence-electron chi connectivity index (χ1n) is 6.03. The van der Waals surface area contributed by atoms with Gasteiger partial charge in [0.1, 0.15) is 0 Å². The van der Waals surface area contributed by atoms with Gasteiger partial charge in [-0.2, -0.15) is 0 Å². The van der Waals surface area contributed by atoms with Gasteiger partial charge in [0.25, 0.3) is 0 Å². The second-order valence-corrected chi connectivity index (χ2v) is 4.88. The Hall–Kier alpha value is -0.860. The van der Waals surface area contributed by atoms with Crippen molar-refractivity contribution in [2.24, 2.45) is 5.73 Å². The van der Waals surface area contributed by atoms with Gasteiger partial charge in [-0.15, -0.1) is 0 Å². The summed E-state index contributed by atoms with van der Waals surface area (Å²) >= 11 is 0. The summed E-state index contributed by atoms with van der Waals surface area (Å²) in [4.78, 5) is 0. The fraction of sp³-hybridized carbons (Fsp3) is 0.571. The molecule has 1 saturated carbocycles. The largest absolute Gasteiger partial charge is 0.384 e. The maximum Gasteiger partial charge on any atom is 0.0502 e. The molecule has 0 aliphatic heterocycles. The second-order valence-electron chi connectivity index (χ2n) is 4.88. The number of hydrogen-bond acceptors (Lipinski definition) is 2. The fourth-order valence-electron chi connectivity index (χ4n) is 2.36. The molecule has 2 nitrogen and oxygen atoms in total. The zero-order valence-electron chi connectivity index (χ0n) is 10.2. The van der Waals surface area contributed by atoms with Crippen molar-refractivity contribution in [3.8, 4) is 0 Å². The quantitative estimate of drug-likeness (QED) is 0.824. The van der Waals surface area contributed by atoms with Crippen molar-refractivity contribution < 1.29 is 4.74 Å². The van der Waals surface area contributed by atoms with E-state index in [1.54, 1.807) is 7.11 Å². The van der Waals surface area contributed by atoms with Gasteiger partial charge in [0.15, 0.2) is 0 Å². The molecule has 0 aromatic heterocycles. The molecule has 1 unspecified atom stereocenters. The van der Waals surface area contributed by atoms with Crippen molar-refractivity contribution in [1.29, 1.82) is 0 Å². The van der Waals surface area contributed by atoms with Crippen LogP contribution in [0, 0.1) is 0 Å². The zero-order valence-corrected chi connectivity index (χ0v) is 10.2. The maximum atomic E-state index is 6.06. The van der Waals surface area contributed by atoms with Crippen molar-refractivity contribution in [1.82, 2.24) is 0 Å². The van der Waals surface area contributed by atoms with E-state index >= 15 is 0 Å². The van der Waals surface area contributed by atoms with Gasteiger partial charge >= 0.3 is 0 Å². The molecule has 2 N–H and O–H groups in total. The highest BCUT2D eigenvalue weighted by Gasteiger charge is 2.47. The molecule has 0 radical (unpaired) electrons. The molecule has 2 heteroatoms. The molecule has 1 aliphatic carbocycles. The third-order valence-electron chi connectivity index (χ3n) is 3.78.